The van der Waals surface area contributed by atoms with Crippen molar-refractivity contribution >= 4 is 11.6 Å². The van der Waals surface area contributed by atoms with Crippen molar-refractivity contribution in [2.45, 2.75) is 38.6 Å². The molecule has 5 nitrogen and oxygen atoms in total. The van der Waals surface area contributed by atoms with Crippen LogP contribution in [0.1, 0.15) is 53.3 Å². The molecule has 1 saturated heterocycles. The molecule has 0 radical (unpaired) electrons. The highest BCUT2D eigenvalue weighted by atomic mass is 16.2. The number of fused-ring (bicyclic) bond motifs is 1. The molecular formula is C20H22N4O. The summed E-state index contributed by atoms with van der Waals surface area (Å²) in [5.74, 6) is 0.0186. The summed E-state index contributed by atoms with van der Waals surface area (Å²) in [6.07, 6.45) is 11.7. The maximum atomic E-state index is 13.2. The molecule has 25 heavy (non-hydrogen) atoms. The number of pyridine rings is 2. The third-order valence-corrected chi connectivity index (χ3v) is 4.94. The minimum Gasteiger partial charge on any atom is -0.330 e. The number of amides is 1. The highest BCUT2D eigenvalue weighted by Gasteiger charge is 2.28. The van der Waals surface area contributed by atoms with Crippen molar-refractivity contribution in [3.05, 3.63) is 65.9 Å². The van der Waals surface area contributed by atoms with Crippen molar-refractivity contribution < 1.29 is 4.79 Å². The number of carbonyl (C=O) groups is 1. The van der Waals surface area contributed by atoms with E-state index in [9.17, 15) is 4.79 Å². The van der Waals surface area contributed by atoms with E-state index in [0.29, 0.717) is 5.69 Å². The van der Waals surface area contributed by atoms with Crippen LogP contribution in [-0.2, 0) is 0 Å². The normalized spacial score (nSPS) is 18.3. The molecule has 0 N–H and O–H groups in total. The van der Waals surface area contributed by atoms with Gasteiger partial charge in [-0.25, -0.2) is 4.98 Å². The maximum absolute atomic E-state index is 13.2. The molecule has 1 aliphatic heterocycles. The van der Waals surface area contributed by atoms with E-state index in [4.69, 9.17) is 0 Å². The monoisotopic (exact) mass is 334 g/mol. The van der Waals surface area contributed by atoms with Gasteiger partial charge in [-0.1, -0.05) is 12.8 Å². The Kier molecular flexibility index (Phi) is 4.22. The summed E-state index contributed by atoms with van der Waals surface area (Å²) in [5.41, 5.74) is 3.64. The summed E-state index contributed by atoms with van der Waals surface area (Å²) >= 11 is 0. The molecule has 1 aliphatic rings. The van der Waals surface area contributed by atoms with Crippen LogP contribution in [0.4, 0.5) is 0 Å². The van der Waals surface area contributed by atoms with Crippen LogP contribution in [0.3, 0.4) is 0 Å². The zero-order chi connectivity index (χ0) is 17.2. The van der Waals surface area contributed by atoms with Gasteiger partial charge in [0.1, 0.15) is 11.3 Å². The molecule has 0 saturated carbocycles. The number of likely N-dealkylation sites (tertiary alicyclic amines) is 1. The second kappa shape index (κ2) is 6.67. The van der Waals surface area contributed by atoms with Crippen LogP contribution in [-0.4, -0.2) is 31.7 Å². The van der Waals surface area contributed by atoms with Gasteiger partial charge < -0.3 is 9.30 Å². The number of imidazole rings is 1. The van der Waals surface area contributed by atoms with E-state index < -0.39 is 0 Å². The first-order valence-electron chi connectivity index (χ1n) is 8.88. The molecule has 0 bridgehead atoms. The van der Waals surface area contributed by atoms with Crippen molar-refractivity contribution in [1.29, 1.82) is 0 Å². The summed E-state index contributed by atoms with van der Waals surface area (Å²) < 4.78 is 1.92. The van der Waals surface area contributed by atoms with Gasteiger partial charge in [0, 0.05) is 31.3 Å². The average Bonchev–Trinajstić information content (AvgIpc) is 2.90. The summed E-state index contributed by atoms with van der Waals surface area (Å²) in [7, 11) is 0. The Hall–Kier alpha value is -2.69. The summed E-state index contributed by atoms with van der Waals surface area (Å²) in [6, 6.07) is 8.16. The van der Waals surface area contributed by atoms with Gasteiger partial charge >= 0.3 is 0 Å². The van der Waals surface area contributed by atoms with E-state index in [-0.39, 0.29) is 11.9 Å². The number of aromatic nitrogens is 3. The first kappa shape index (κ1) is 15.8. The Bertz CT molecular complexity index is 887. The molecule has 0 spiro atoms. The lowest BCUT2D eigenvalue weighted by Crippen LogP contribution is -2.35. The third-order valence-electron chi connectivity index (χ3n) is 4.94. The Labute approximate surface area is 147 Å². The highest BCUT2D eigenvalue weighted by molar-refractivity contribution is 5.93. The van der Waals surface area contributed by atoms with Crippen molar-refractivity contribution in [1.82, 2.24) is 19.3 Å². The fourth-order valence-corrected chi connectivity index (χ4v) is 3.62. The second-order valence-corrected chi connectivity index (χ2v) is 6.74. The van der Waals surface area contributed by atoms with Gasteiger partial charge in [-0.05, 0) is 55.2 Å². The summed E-state index contributed by atoms with van der Waals surface area (Å²) in [6.45, 7) is 2.81. The number of nitrogens with zero attached hydrogens (tertiary/aromatic N) is 4. The molecule has 0 aromatic carbocycles. The van der Waals surface area contributed by atoms with E-state index >= 15 is 0 Å². The van der Waals surface area contributed by atoms with Crippen LogP contribution in [0, 0.1) is 6.92 Å². The quantitative estimate of drug-likeness (QED) is 0.716. The van der Waals surface area contributed by atoms with E-state index in [2.05, 4.69) is 9.97 Å². The lowest BCUT2D eigenvalue weighted by atomic mass is 10.0. The minimum atomic E-state index is 0.0186. The fraction of sp³-hybridized carbons (Fsp3) is 0.350. The molecular weight excluding hydrogens is 312 g/mol. The van der Waals surface area contributed by atoms with Gasteiger partial charge in [-0.3, -0.25) is 9.78 Å². The molecule has 4 heterocycles. The molecule has 0 aliphatic carbocycles. The van der Waals surface area contributed by atoms with Crippen LogP contribution in [0.15, 0.2) is 49.1 Å². The number of carbonyl (C=O) groups excluding carboxylic acids is 1. The van der Waals surface area contributed by atoms with Crippen molar-refractivity contribution in [3.63, 3.8) is 0 Å². The molecule has 1 atom stereocenters. The SMILES string of the molecule is Cc1ccn2cc(C(=O)N3CCCCC[C@@H]3c3ccncc3)nc2c1. The largest absolute Gasteiger partial charge is 0.330 e. The summed E-state index contributed by atoms with van der Waals surface area (Å²) in [4.78, 5) is 23.9. The van der Waals surface area contributed by atoms with Crippen LogP contribution in [0.5, 0.6) is 0 Å². The zero-order valence-corrected chi connectivity index (χ0v) is 14.4. The Morgan fingerprint density at radius 2 is 2.00 bits per heavy atom. The molecule has 3 aromatic rings. The molecule has 5 heteroatoms. The van der Waals surface area contributed by atoms with Crippen LogP contribution >= 0.6 is 0 Å². The maximum Gasteiger partial charge on any atom is 0.274 e. The van der Waals surface area contributed by atoms with Crippen LogP contribution < -0.4 is 0 Å². The lowest BCUT2D eigenvalue weighted by Gasteiger charge is -2.29. The predicted molar refractivity (Wildman–Crippen MR) is 96.4 cm³/mol. The van der Waals surface area contributed by atoms with E-state index in [1.807, 2.05) is 52.9 Å². The standard InChI is InChI=1S/C20H22N4O/c1-15-8-12-23-14-17(22-19(23)13-15)20(25)24-11-4-2-3-5-18(24)16-6-9-21-10-7-16/h6-10,12-14,18H,2-5,11H2,1H3/t18-/m1/s1. The van der Waals surface area contributed by atoms with Gasteiger partial charge in [0.2, 0.25) is 0 Å². The molecule has 3 aromatic heterocycles. The first-order valence-corrected chi connectivity index (χ1v) is 8.88. The van der Waals surface area contributed by atoms with Crippen LogP contribution in [0.2, 0.25) is 0 Å². The topological polar surface area (TPSA) is 50.5 Å². The predicted octanol–water partition coefficient (Wildman–Crippen LogP) is 3.80. The first-order chi connectivity index (χ1) is 12.2. The summed E-state index contributed by atoms with van der Waals surface area (Å²) in [5, 5.41) is 0. The Morgan fingerprint density at radius 1 is 1.16 bits per heavy atom. The van der Waals surface area contributed by atoms with Gasteiger partial charge in [0.05, 0.1) is 6.04 Å². The zero-order valence-electron chi connectivity index (χ0n) is 14.4. The average molecular weight is 334 g/mol. The number of aryl methyl sites for hydroxylation is 1. The van der Waals surface area contributed by atoms with Gasteiger partial charge in [-0.2, -0.15) is 0 Å². The highest BCUT2D eigenvalue weighted by Crippen LogP contribution is 2.31. The molecule has 4 rings (SSSR count). The van der Waals surface area contributed by atoms with Gasteiger partial charge in [0.25, 0.3) is 5.91 Å². The fourth-order valence-electron chi connectivity index (χ4n) is 3.62. The lowest BCUT2D eigenvalue weighted by molar-refractivity contribution is 0.0675. The molecule has 1 amide bonds. The van der Waals surface area contributed by atoms with Crippen molar-refractivity contribution in [3.8, 4) is 0 Å². The van der Waals surface area contributed by atoms with E-state index in [1.54, 1.807) is 12.4 Å². The molecule has 128 valence electrons. The van der Waals surface area contributed by atoms with E-state index in [1.165, 1.54) is 0 Å². The second-order valence-electron chi connectivity index (χ2n) is 6.74. The number of hydrogen-bond acceptors (Lipinski definition) is 3. The Balaban J connectivity index is 1.69. The number of rotatable bonds is 2. The molecule has 0 unspecified atom stereocenters. The van der Waals surface area contributed by atoms with Crippen molar-refractivity contribution in [2.24, 2.45) is 0 Å². The van der Waals surface area contributed by atoms with Gasteiger partial charge in [0.15, 0.2) is 0 Å². The van der Waals surface area contributed by atoms with E-state index in [0.717, 1.165) is 49.0 Å². The van der Waals surface area contributed by atoms with Gasteiger partial charge in [-0.15, -0.1) is 0 Å². The number of hydrogen-bond donors (Lipinski definition) is 0. The third kappa shape index (κ3) is 3.14. The molecule has 1 fully saturated rings. The smallest absolute Gasteiger partial charge is 0.274 e. The minimum absolute atomic E-state index is 0.0186. The Morgan fingerprint density at radius 3 is 2.84 bits per heavy atom. The van der Waals surface area contributed by atoms with Crippen molar-refractivity contribution in [2.75, 3.05) is 6.54 Å². The van der Waals surface area contributed by atoms with Crippen LogP contribution in [0.25, 0.3) is 5.65 Å².